The van der Waals surface area contributed by atoms with Gasteiger partial charge in [0.2, 0.25) is 0 Å². The molecule has 17 heavy (non-hydrogen) atoms. The summed E-state index contributed by atoms with van der Waals surface area (Å²) in [4.78, 5) is 25.5. The monoisotopic (exact) mass is 270 g/mol. The molecule has 0 atom stereocenters. The van der Waals surface area contributed by atoms with Gasteiger partial charge in [-0.2, -0.15) is 0 Å². The lowest BCUT2D eigenvalue weighted by Crippen LogP contribution is -2.12. The highest BCUT2D eigenvalue weighted by Crippen LogP contribution is 2.16. The van der Waals surface area contributed by atoms with Gasteiger partial charge in [-0.15, -0.1) is 11.3 Å². The minimum Gasteiger partial charge on any atom is -0.477 e. The van der Waals surface area contributed by atoms with Crippen molar-refractivity contribution in [1.82, 2.24) is 10.3 Å². The smallest absolute Gasteiger partial charge is 0.345 e. The molecule has 0 aromatic carbocycles. The molecule has 0 spiro atoms. The molecule has 0 aliphatic heterocycles. The van der Waals surface area contributed by atoms with Crippen molar-refractivity contribution >= 4 is 28.6 Å². The standard InChI is InChI=1S/C10H10N2O3S2/c13-9(14)8-2-1-7(17-8)4-11-3-6-5-16-10(15)12-6/h1-2,5,11H,3-4H2,(H,12,15)(H,13,14). The molecule has 5 nitrogen and oxygen atoms in total. The molecular weight excluding hydrogens is 260 g/mol. The molecule has 0 unspecified atom stereocenters. The second-order valence-corrected chi connectivity index (χ2v) is 5.36. The Hall–Kier alpha value is -1.44. The molecule has 2 heterocycles. The fourth-order valence-corrected chi connectivity index (χ4v) is 2.71. The van der Waals surface area contributed by atoms with Gasteiger partial charge in [-0.25, -0.2) is 4.79 Å². The zero-order valence-electron chi connectivity index (χ0n) is 8.73. The fraction of sp³-hybridized carbons (Fsp3) is 0.200. The highest BCUT2D eigenvalue weighted by atomic mass is 32.1. The normalized spacial score (nSPS) is 10.6. The van der Waals surface area contributed by atoms with Gasteiger partial charge in [0.1, 0.15) is 4.88 Å². The summed E-state index contributed by atoms with van der Waals surface area (Å²) < 4.78 is 0. The molecule has 0 radical (unpaired) electrons. The van der Waals surface area contributed by atoms with Crippen molar-refractivity contribution in [2.24, 2.45) is 0 Å². The second-order valence-electron chi connectivity index (χ2n) is 3.35. The number of thiazole rings is 1. The van der Waals surface area contributed by atoms with Crippen LogP contribution in [0, 0.1) is 0 Å². The highest BCUT2D eigenvalue weighted by Gasteiger charge is 2.06. The Morgan fingerprint density at radius 2 is 2.24 bits per heavy atom. The van der Waals surface area contributed by atoms with Crippen molar-refractivity contribution in [2.45, 2.75) is 13.1 Å². The molecule has 90 valence electrons. The highest BCUT2D eigenvalue weighted by molar-refractivity contribution is 7.13. The van der Waals surface area contributed by atoms with Crippen molar-refractivity contribution in [3.05, 3.63) is 42.6 Å². The summed E-state index contributed by atoms with van der Waals surface area (Å²) in [5.41, 5.74) is 0.843. The minimum absolute atomic E-state index is 0.0638. The SMILES string of the molecule is O=C(O)c1ccc(CNCc2csc(=O)[nH]2)s1. The predicted molar refractivity (Wildman–Crippen MR) is 66.8 cm³/mol. The lowest BCUT2D eigenvalue weighted by Gasteiger charge is -1.99. The Labute approximate surface area is 105 Å². The number of rotatable bonds is 5. The van der Waals surface area contributed by atoms with E-state index in [4.69, 9.17) is 5.11 Å². The van der Waals surface area contributed by atoms with E-state index in [1.807, 2.05) is 0 Å². The summed E-state index contributed by atoms with van der Waals surface area (Å²) in [5.74, 6) is -0.900. The first-order valence-corrected chi connectivity index (χ1v) is 6.54. The van der Waals surface area contributed by atoms with Gasteiger partial charge >= 0.3 is 10.8 Å². The van der Waals surface area contributed by atoms with Crippen LogP contribution in [0.3, 0.4) is 0 Å². The minimum atomic E-state index is -0.900. The van der Waals surface area contributed by atoms with E-state index in [1.54, 1.807) is 17.5 Å². The Morgan fingerprint density at radius 1 is 1.41 bits per heavy atom. The molecule has 0 bridgehead atoms. The average molecular weight is 270 g/mol. The lowest BCUT2D eigenvalue weighted by atomic mass is 10.4. The van der Waals surface area contributed by atoms with E-state index in [2.05, 4.69) is 10.3 Å². The number of carboxylic acids is 1. The van der Waals surface area contributed by atoms with Crippen LogP contribution in [0.1, 0.15) is 20.2 Å². The quantitative estimate of drug-likeness (QED) is 0.768. The third-order valence-corrected chi connectivity index (χ3v) is 3.85. The van der Waals surface area contributed by atoms with Crippen LogP contribution in [0.2, 0.25) is 0 Å². The first-order valence-electron chi connectivity index (χ1n) is 4.84. The van der Waals surface area contributed by atoms with E-state index >= 15 is 0 Å². The number of thiophene rings is 1. The summed E-state index contributed by atoms with van der Waals surface area (Å²) in [6.45, 7) is 1.16. The number of hydrogen-bond donors (Lipinski definition) is 3. The van der Waals surface area contributed by atoms with E-state index in [-0.39, 0.29) is 4.87 Å². The van der Waals surface area contributed by atoms with Crippen LogP contribution >= 0.6 is 22.7 Å². The van der Waals surface area contributed by atoms with Gasteiger partial charge in [0.25, 0.3) is 0 Å². The molecule has 0 aliphatic carbocycles. The molecule has 3 N–H and O–H groups in total. The third-order valence-electron chi connectivity index (χ3n) is 2.06. The molecule has 0 amide bonds. The summed E-state index contributed by atoms with van der Waals surface area (Å²) in [6.07, 6.45) is 0. The fourth-order valence-electron chi connectivity index (χ4n) is 1.31. The lowest BCUT2D eigenvalue weighted by molar-refractivity contribution is 0.0702. The number of H-pyrrole nitrogens is 1. The third kappa shape index (κ3) is 3.26. The van der Waals surface area contributed by atoms with Crippen LogP contribution in [0.15, 0.2) is 22.3 Å². The molecule has 2 rings (SSSR count). The van der Waals surface area contributed by atoms with Crippen molar-refractivity contribution in [3.8, 4) is 0 Å². The summed E-state index contributed by atoms with van der Waals surface area (Å²) in [6, 6.07) is 3.38. The Bertz CT molecular complexity index is 570. The van der Waals surface area contributed by atoms with Gasteiger partial charge in [0.15, 0.2) is 0 Å². The van der Waals surface area contributed by atoms with Crippen LogP contribution in [-0.2, 0) is 13.1 Å². The molecule has 0 saturated heterocycles. The van der Waals surface area contributed by atoms with Gasteiger partial charge in [0.05, 0.1) is 0 Å². The van der Waals surface area contributed by atoms with Crippen molar-refractivity contribution in [1.29, 1.82) is 0 Å². The number of hydrogen-bond acceptors (Lipinski definition) is 5. The number of carbonyl (C=O) groups is 1. The van der Waals surface area contributed by atoms with Gasteiger partial charge in [-0.1, -0.05) is 11.3 Å². The number of aromatic amines is 1. The van der Waals surface area contributed by atoms with E-state index < -0.39 is 5.97 Å². The van der Waals surface area contributed by atoms with Crippen LogP contribution in [0.4, 0.5) is 0 Å². The van der Waals surface area contributed by atoms with Gasteiger partial charge in [-0.3, -0.25) is 4.79 Å². The zero-order chi connectivity index (χ0) is 12.3. The topological polar surface area (TPSA) is 82.2 Å². The number of nitrogens with one attached hydrogen (secondary N) is 2. The van der Waals surface area contributed by atoms with Gasteiger partial charge in [-0.05, 0) is 12.1 Å². The largest absolute Gasteiger partial charge is 0.477 e. The summed E-state index contributed by atoms with van der Waals surface area (Å²) >= 11 is 2.38. The molecule has 0 saturated carbocycles. The number of carboxylic acid groups (broad SMARTS) is 1. The Balaban J connectivity index is 1.85. The molecule has 0 aliphatic rings. The van der Waals surface area contributed by atoms with E-state index in [9.17, 15) is 9.59 Å². The summed E-state index contributed by atoms with van der Waals surface area (Å²) in [5, 5.41) is 13.7. The maximum absolute atomic E-state index is 10.9. The van der Waals surface area contributed by atoms with Crippen LogP contribution < -0.4 is 10.2 Å². The zero-order valence-corrected chi connectivity index (χ0v) is 10.4. The average Bonchev–Trinajstić information content (AvgIpc) is 2.88. The van der Waals surface area contributed by atoms with Gasteiger partial charge < -0.3 is 15.4 Å². The molecule has 7 heteroatoms. The van der Waals surface area contributed by atoms with Crippen LogP contribution in [0.25, 0.3) is 0 Å². The second kappa shape index (κ2) is 5.26. The van der Waals surface area contributed by atoms with Crippen molar-refractivity contribution in [3.63, 3.8) is 0 Å². The molecule has 2 aromatic rings. The van der Waals surface area contributed by atoms with Crippen molar-refractivity contribution < 1.29 is 9.90 Å². The Kier molecular flexibility index (Phi) is 3.72. The molecule has 2 aromatic heterocycles. The van der Waals surface area contributed by atoms with Crippen LogP contribution in [-0.4, -0.2) is 16.1 Å². The van der Waals surface area contributed by atoms with Gasteiger partial charge in [0, 0.05) is 29.0 Å². The maximum Gasteiger partial charge on any atom is 0.345 e. The van der Waals surface area contributed by atoms with E-state index in [0.717, 1.165) is 21.9 Å². The van der Waals surface area contributed by atoms with Crippen molar-refractivity contribution in [2.75, 3.05) is 0 Å². The Morgan fingerprint density at radius 3 is 2.82 bits per heavy atom. The predicted octanol–water partition coefficient (Wildman–Crippen LogP) is 1.49. The number of aromatic nitrogens is 1. The first-order chi connectivity index (χ1) is 8.15. The first kappa shape index (κ1) is 12.0. The maximum atomic E-state index is 10.9. The van der Waals surface area contributed by atoms with E-state index in [0.29, 0.717) is 18.0 Å². The molecular formula is C10H10N2O3S2. The van der Waals surface area contributed by atoms with E-state index in [1.165, 1.54) is 11.3 Å². The van der Waals surface area contributed by atoms with Crippen LogP contribution in [0.5, 0.6) is 0 Å². The molecule has 0 fully saturated rings. The number of aromatic carboxylic acids is 1. The summed E-state index contributed by atoms with van der Waals surface area (Å²) in [7, 11) is 0.